The number of aromatic nitrogens is 1. The molecule has 1 heterocycles. The quantitative estimate of drug-likeness (QED) is 0.805. The highest BCUT2D eigenvalue weighted by atomic mass is 79.9. The third kappa shape index (κ3) is 3.89. The number of hydrogen-bond acceptors (Lipinski definition) is 3. The molecule has 0 atom stereocenters. The molecule has 0 spiro atoms. The number of aryl methyl sites for hydroxylation is 1. The minimum atomic E-state index is -4.81. The smallest absolute Gasteiger partial charge is 0.388 e. The zero-order valence-electron chi connectivity index (χ0n) is 8.81. The van der Waals surface area contributed by atoms with Crippen molar-refractivity contribution in [2.75, 3.05) is 0 Å². The van der Waals surface area contributed by atoms with E-state index in [9.17, 15) is 13.2 Å². The average Bonchev–Trinajstić information content (AvgIpc) is 2.20. The van der Waals surface area contributed by atoms with Gasteiger partial charge in [0.1, 0.15) is 0 Å². The van der Waals surface area contributed by atoms with Gasteiger partial charge in [-0.15, -0.1) is 13.2 Å². The molecular weight excluding hydrogens is 301 g/mol. The first-order valence-electron chi connectivity index (χ1n) is 4.55. The largest absolute Gasteiger partial charge is 0.574 e. The number of rotatable bonds is 3. The first-order valence-corrected chi connectivity index (χ1v) is 5.67. The lowest BCUT2D eigenvalue weighted by molar-refractivity contribution is -0.276. The first kappa shape index (κ1) is 13.8. The van der Waals surface area contributed by atoms with Gasteiger partial charge in [-0.2, -0.15) is 5.26 Å². The molecule has 0 N–H and O–H groups in total. The molecular formula is C10H8BrF3N2O. The summed E-state index contributed by atoms with van der Waals surface area (Å²) >= 11 is 3.19. The van der Waals surface area contributed by atoms with Crippen LogP contribution in [0, 0.1) is 18.3 Å². The van der Waals surface area contributed by atoms with Crippen molar-refractivity contribution in [3.05, 3.63) is 22.9 Å². The third-order valence-electron chi connectivity index (χ3n) is 1.98. The molecule has 0 aliphatic carbocycles. The first-order chi connectivity index (χ1) is 7.87. The van der Waals surface area contributed by atoms with E-state index in [1.807, 2.05) is 0 Å². The minimum Gasteiger partial charge on any atom is -0.388 e. The maximum absolute atomic E-state index is 12.1. The molecule has 3 nitrogen and oxygen atoms in total. The second-order valence-electron chi connectivity index (χ2n) is 3.21. The Bertz CT molecular complexity index is 454. The fourth-order valence-corrected chi connectivity index (χ4v) is 1.79. The van der Waals surface area contributed by atoms with Gasteiger partial charge in [-0.05, 0) is 18.6 Å². The Morgan fingerprint density at radius 3 is 2.59 bits per heavy atom. The summed E-state index contributed by atoms with van der Waals surface area (Å²) in [6.45, 7) is 1.58. The summed E-state index contributed by atoms with van der Waals surface area (Å²) in [7, 11) is 0. The molecule has 1 aromatic heterocycles. The van der Waals surface area contributed by atoms with Gasteiger partial charge < -0.3 is 4.74 Å². The van der Waals surface area contributed by atoms with Crippen molar-refractivity contribution >= 4 is 15.9 Å². The minimum absolute atomic E-state index is 0.130. The highest BCUT2D eigenvalue weighted by Crippen LogP contribution is 2.27. The van der Waals surface area contributed by atoms with E-state index in [0.29, 0.717) is 11.0 Å². The van der Waals surface area contributed by atoms with Crippen molar-refractivity contribution in [3.63, 3.8) is 0 Å². The molecule has 0 amide bonds. The topological polar surface area (TPSA) is 45.9 Å². The van der Waals surface area contributed by atoms with Crippen LogP contribution in [0.1, 0.15) is 16.8 Å². The number of pyridine rings is 1. The molecule has 0 aromatic carbocycles. The van der Waals surface area contributed by atoms with E-state index in [1.54, 1.807) is 13.0 Å². The summed E-state index contributed by atoms with van der Waals surface area (Å²) in [6.07, 6.45) is -4.99. The summed E-state index contributed by atoms with van der Waals surface area (Å²) in [5.41, 5.74) is 1.29. The number of hydrogen-bond donors (Lipinski definition) is 0. The second-order valence-corrected chi connectivity index (χ2v) is 3.77. The lowest BCUT2D eigenvalue weighted by atomic mass is 10.1. The summed E-state index contributed by atoms with van der Waals surface area (Å²) < 4.78 is 40.2. The van der Waals surface area contributed by atoms with Gasteiger partial charge >= 0.3 is 6.36 Å². The maximum atomic E-state index is 12.1. The number of nitriles is 1. The molecule has 0 aliphatic heterocycles. The van der Waals surface area contributed by atoms with E-state index in [0.717, 1.165) is 5.56 Å². The summed E-state index contributed by atoms with van der Waals surface area (Å²) in [5.74, 6) is -0.554. The van der Waals surface area contributed by atoms with Gasteiger partial charge in [0, 0.05) is 16.6 Å². The average molecular weight is 309 g/mol. The Balaban J connectivity index is 3.19. The fourth-order valence-electron chi connectivity index (χ4n) is 1.22. The van der Waals surface area contributed by atoms with Crippen LogP contribution >= 0.6 is 15.9 Å². The molecule has 0 fully saturated rings. The van der Waals surface area contributed by atoms with Crippen molar-refractivity contribution < 1.29 is 17.9 Å². The molecule has 0 saturated carbocycles. The van der Waals surface area contributed by atoms with Gasteiger partial charge in [0.25, 0.3) is 0 Å². The van der Waals surface area contributed by atoms with Crippen LogP contribution in [-0.2, 0) is 11.8 Å². The zero-order valence-corrected chi connectivity index (χ0v) is 10.4. The molecule has 0 bridgehead atoms. The van der Waals surface area contributed by atoms with E-state index in [2.05, 4.69) is 25.7 Å². The van der Waals surface area contributed by atoms with Crippen LogP contribution in [0.4, 0.5) is 13.2 Å². The monoisotopic (exact) mass is 308 g/mol. The van der Waals surface area contributed by atoms with Gasteiger partial charge in [0.15, 0.2) is 0 Å². The van der Waals surface area contributed by atoms with Crippen molar-refractivity contribution in [3.8, 4) is 11.9 Å². The van der Waals surface area contributed by atoms with Crippen molar-refractivity contribution in [2.24, 2.45) is 0 Å². The van der Waals surface area contributed by atoms with Gasteiger partial charge in [-0.1, -0.05) is 15.9 Å². The lowest BCUT2D eigenvalue weighted by Crippen LogP contribution is -2.19. The van der Waals surface area contributed by atoms with Crippen LogP contribution in [0.5, 0.6) is 5.88 Å². The molecule has 0 unspecified atom stereocenters. The van der Waals surface area contributed by atoms with E-state index < -0.39 is 12.2 Å². The van der Waals surface area contributed by atoms with E-state index in [1.165, 1.54) is 6.07 Å². The zero-order chi connectivity index (χ0) is 13.1. The van der Waals surface area contributed by atoms with Crippen molar-refractivity contribution in [1.29, 1.82) is 5.26 Å². The predicted molar refractivity (Wildman–Crippen MR) is 57.6 cm³/mol. The Kier molecular flexibility index (Phi) is 4.34. The second kappa shape index (κ2) is 5.36. The fraction of sp³-hybridized carbons (Fsp3) is 0.400. The van der Waals surface area contributed by atoms with E-state index in [-0.39, 0.29) is 12.0 Å². The maximum Gasteiger partial charge on any atom is 0.574 e. The predicted octanol–water partition coefficient (Wildman–Crippen LogP) is 3.25. The Hall–Kier alpha value is -1.29. The van der Waals surface area contributed by atoms with Crippen LogP contribution in [0.3, 0.4) is 0 Å². The number of halogens is 4. The highest BCUT2D eigenvalue weighted by Gasteiger charge is 2.33. The van der Waals surface area contributed by atoms with Crippen LogP contribution in [0.2, 0.25) is 0 Å². The summed E-state index contributed by atoms with van der Waals surface area (Å²) in [4.78, 5) is 3.72. The van der Waals surface area contributed by atoms with Gasteiger partial charge in [-0.3, -0.25) is 0 Å². The molecule has 1 rings (SSSR count). The van der Waals surface area contributed by atoms with E-state index >= 15 is 0 Å². The number of alkyl halides is 4. The number of nitrogens with zero attached hydrogens (tertiary/aromatic N) is 2. The lowest BCUT2D eigenvalue weighted by Gasteiger charge is -2.13. The molecule has 92 valence electrons. The Labute approximate surface area is 104 Å². The van der Waals surface area contributed by atoms with Crippen LogP contribution < -0.4 is 4.74 Å². The Morgan fingerprint density at radius 1 is 1.47 bits per heavy atom. The molecule has 0 radical (unpaired) electrons. The van der Waals surface area contributed by atoms with Crippen LogP contribution in [0.25, 0.3) is 0 Å². The summed E-state index contributed by atoms with van der Waals surface area (Å²) in [5, 5.41) is 9.00. The van der Waals surface area contributed by atoms with Crippen molar-refractivity contribution in [1.82, 2.24) is 4.98 Å². The summed E-state index contributed by atoms with van der Waals surface area (Å²) in [6, 6.07) is 3.27. The standard InChI is InChI=1S/C10H8BrF3N2O/c1-6-8(5-11)4-7(2-3-15)9(16-6)17-10(12,13)14/h4H,2,5H2,1H3. The highest BCUT2D eigenvalue weighted by molar-refractivity contribution is 9.08. The molecule has 0 saturated heterocycles. The molecule has 0 aliphatic rings. The van der Waals surface area contributed by atoms with Gasteiger partial charge in [0.2, 0.25) is 5.88 Å². The normalized spacial score (nSPS) is 11.1. The number of ether oxygens (including phenoxy) is 1. The van der Waals surface area contributed by atoms with E-state index in [4.69, 9.17) is 5.26 Å². The van der Waals surface area contributed by atoms with Gasteiger partial charge in [-0.25, -0.2) is 4.98 Å². The molecule has 17 heavy (non-hydrogen) atoms. The van der Waals surface area contributed by atoms with Crippen molar-refractivity contribution in [2.45, 2.75) is 25.0 Å². The third-order valence-corrected chi connectivity index (χ3v) is 2.59. The van der Waals surface area contributed by atoms with Crippen LogP contribution in [-0.4, -0.2) is 11.3 Å². The Morgan fingerprint density at radius 2 is 2.12 bits per heavy atom. The molecule has 7 heteroatoms. The van der Waals surface area contributed by atoms with Crippen LogP contribution in [0.15, 0.2) is 6.07 Å². The van der Waals surface area contributed by atoms with Gasteiger partial charge in [0.05, 0.1) is 12.5 Å². The SMILES string of the molecule is Cc1nc(OC(F)(F)F)c(CC#N)cc1CBr. The molecule has 1 aromatic rings.